The van der Waals surface area contributed by atoms with Crippen molar-refractivity contribution in [2.75, 3.05) is 6.54 Å². The lowest BCUT2D eigenvalue weighted by molar-refractivity contribution is -0.143. The summed E-state index contributed by atoms with van der Waals surface area (Å²) in [6.07, 6.45) is 7.27. The van der Waals surface area contributed by atoms with Crippen molar-refractivity contribution in [1.82, 2.24) is 15.5 Å². The second kappa shape index (κ2) is 15.0. The molecule has 0 aliphatic carbocycles. The number of carbonyl (C=O) groups excluding carboxylic acids is 3. The van der Waals surface area contributed by atoms with E-state index < -0.39 is 23.8 Å². The molecular formula is C32H43N3O4. The molecule has 210 valence electrons. The molecule has 0 aliphatic rings. The molecule has 7 heteroatoms. The molecule has 0 saturated heterocycles. The smallest absolute Gasteiger partial charge is 0.408 e. The summed E-state index contributed by atoms with van der Waals surface area (Å²) in [5.74, 6) is 1.77. The van der Waals surface area contributed by atoms with E-state index >= 15 is 0 Å². The van der Waals surface area contributed by atoms with Crippen LogP contribution < -0.4 is 10.6 Å². The number of rotatable bonds is 12. The Morgan fingerprint density at radius 2 is 1.67 bits per heavy atom. The summed E-state index contributed by atoms with van der Waals surface area (Å²) >= 11 is 0. The van der Waals surface area contributed by atoms with E-state index in [1.54, 1.807) is 43.9 Å². The number of carbonyl (C=O) groups is 3. The summed E-state index contributed by atoms with van der Waals surface area (Å²) in [6, 6.07) is 14.9. The molecule has 0 saturated carbocycles. The highest BCUT2D eigenvalue weighted by Crippen LogP contribution is 2.27. The maximum Gasteiger partial charge on any atom is 0.408 e. The molecule has 0 aliphatic heterocycles. The summed E-state index contributed by atoms with van der Waals surface area (Å²) in [6.45, 7) is 11.8. The van der Waals surface area contributed by atoms with Crippen LogP contribution in [0.4, 0.5) is 4.79 Å². The topological polar surface area (TPSA) is 87.7 Å². The Morgan fingerprint density at radius 1 is 1.03 bits per heavy atom. The number of hydrogen-bond acceptors (Lipinski definition) is 4. The molecule has 0 spiro atoms. The Hall–Kier alpha value is -3.79. The highest BCUT2D eigenvalue weighted by Gasteiger charge is 2.38. The molecule has 39 heavy (non-hydrogen) atoms. The SMILES string of the molecule is C#Cc1ccccc1C(C(=O)NCc1ccccc1)N(CCCC)C(=O)C(NC(=O)OC(C)(C)C)C(C)CC. The van der Waals surface area contributed by atoms with Gasteiger partial charge in [0.1, 0.15) is 17.7 Å². The highest BCUT2D eigenvalue weighted by molar-refractivity contribution is 5.92. The van der Waals surface area contributed by atoms with Gasteiger partial charge in [-0.3, -0.25) is 9.59 Å². The van der Waals surface area contributed by atoms with E-state index in [-0.39, 0.29) is 17.7 Å². The standard InChI is InChI=1S/C32H43N3O4/c1-8-11-21-35(30(37)27(23(4)9-2)34-31(38)39-32(5,6)7)28(26-20-16-15-19-25(26)10-3)29(36)33-22-24-17-13-12-14-18-24/h3,12-20,23,27-28H,8-9,11,21-22H2,1-2,4-7H3,(H,33,36)(H,34,38). The van der Waals surface area contributed by atoms with Crippen LogP contribution in [0, 0.1) is 18.3 Å². The molecule has 2 aromatic rings. The molecular weight excluding hydrogens is 490 g/mol. The van der Waals surface area contributed by atoms with Crippen LogP contribution in [0.3, 0.4) is 0 Å². The van der Waals surface area contributed by atoms with Crippen molar-refractivity contribution in [1.29, 1.82) is 0 Å². The predicted molar refractivity (Wildman–Crippen MR) is 155 cm³/mol. The minimum atomic E-state index is -0.980. The fourth-order valence-corrected chi connectivity index (χ4v) is 4.19. The predicted octanol–water partition coefficient (Wildman–Crippen LogP) is 5.59. The minimum absolute atomic E-state index is 0.204. The van der Waals surface area contributed by atoms with Gasteiger partial charge in [-0.05, 0) is 50.3 Å². The molecule has 3 atom stereocenters. The van der Waals surface area contributed by atoms with Crippen LogP contribution in [0.25, 0.3) is 0 Å². The van der Waals surface area contributed by atoms with E-state index in [9.17, 15) is 14.4 Å². The average molecular weight is 534 g/mol. The zero-order chi connectivity index (χ0) is 29.0. The first kappa shape index (κ1) is 31.4. The van der Waals surface area contributed by atoms with Crippen LogP contribution in [-0.4, -0.2) is 41.0 Å². The maximum absolute atomic E-state index is 14.3. The largest absolute Gasteiger partial charge is 0.444 e. The molecule has 2 aromatic carbocycles. The van der Waals surface area contributed by atoms with Crippen molar-refractivity contribution < 1.29 is 19.1 Å². The number of nitrogens with zero attached hydrogens (tertiary/aromatic N) is 1. The third-order valence-corrected chi connectivity index (χ3v) is 6.47. The fraction of sp³-hybridized carbons (Fsp3) is 0.469. The Bertz CT molecular complexity index is 1130. The summed E-state index contributed by atoms with van der Waals surface area (Å²) in [5, 5.41) is 5.79. The number of hydrogen-bond donors (Lipinski definition) is 2. The lowest BCUT2D eigenvalue weighted by Crippen LogP contribution is -2.55. The van der Waals surface area contributed by atoms with Crippen molar-refractivity contribution in [2.24, 2.45) is 5.92 Å². The number of ether oxygens (including phenoxy) is 1. The van der Waals surface area contributed by atoms with Crippen molar-refractivity contribution in [3.63, 3.8) is 0 Å². The van der Waals surface area contributed by atoms with E-state index in [1.165, 1.54) is 0 Å². The van der Waals surface area contributed by atoms with Crippen LogP contribution in [-0.2, 0) is 20.9 Å². The van der Waals surface area contributed by atoms with Crippen molar-refractivity contribution >= 4 is 17.9 Å². The third kappa shape index (κ3) is 9.47. The van der Waals surface area contributed by atoms with E-state index in [1.807, 2.05) is 57.2 Å². The van der Waals surface area contributed by atoms with Crippen molar-refractivity contribution in [3.05, 3.63) is 71.3 Å². The Labute approximate surface area is 233 Å². The van der Waals surface area contributed by atoms with Gasteiger partial charge in [0.25, 0.3) is 0 Å². The Kier molecular flexibility index (Phi) is 12.1. The first-order chi connectivity index (χ1) is 18.5. The van der Waals surface area contributed by atoms with Crippen LogP contribution in [0.1, 0.15) is 83.5 Å². The fourth-order valence-electron chi connectivity index (χ4n) is 4.19. The van der Waals surface area contributed by atoms with Gasteiger partial charge in [0, 0.05) is 18.7 Å². The number of amides is 3. The molecule has 0 aromatic heterocycles. The third-order valence-electron chi connectivity index (χ3n) is 6.47. The van der Waals surface area contributed by atoms with Crippen LogP contribution >= 0.6 is 0 Å². The summed E-state index contributed by atoms with van der Waals surface area (Å²) in [7, 11) is 0. The summed E-state index contributed by atoms with van der Waals surface area (Å²) in [4.78, 5) is 42.5. The zero-order valence-electron chi connectivity index (χ0n) is 24.1. The summed E-state index contributed by atoms with van der Waals surface area (Å²) < 4.78 is 5.46. The number of alkyl carbamates (subject to hydrolysis) is 1. The quantitative estimate of drug-likeness (QED) is 0.348. The normalized spacial score (nSPS) is 13.4. The molecule has 0 radical (unpaired) electrons. The molecule has 7 nitrogen and oxygen atoms in total. The van der Waals surface area contributed by atoms with Gasteiger partial charge in [-0.25, -0.2) is 4.79 Å². The van der Waals surface area contributed by atoms with Crippen molar-refractivity contribution in [3.8, 4) is 12.3 Å². The average Bonchev–Trinajstić information content (AvgIpc) is 2.91. The Morgan fingerprint density at radius 3 is 2.26 bits per heavy atom. The lowest BCUT2D eigenvalue weighted by Gasteiger charge is -2.36. The van der Waals surface area contributed by atoms with E-state index in [0.29, 0.717) is 37.1 Å². The van der Waals surface area contributed by atoms with Gasteiger partial charge in [0.05, 0.1) is 0 Å². The molecule has 2 rings (SSSR count). The zero-order valence-corrected chi connectivity index (χ0v) is 24.1. The number of terminal acetylenes is 1. The van der Waals surface area contributed by atoms with Gasteiger partial charge in [0.15, 0.2) is 0 Å². The highest BCUT2D eigenvalue weighted by atomic mass is 16.6. The number of nitrogens with one attached hydrogen (secondary N) is 2. The van der Waals surface area contributed by atoms with Crippen LogP contribution in [0.15, 0.2) is 54.6 Å². The molecule has 0 heterocycles. The van der Waals surface area contributed by atoms with Gasteiger partial charge in [-0.1, -0.05) is 88.1 Å². The van der Waals surface area contributed by atoms with Gasteiger partial charge in [0.2, 0.25) is 11.8 Å². The number of unbranched alkanes of at least 4 members (excludes halogenated alkanes) is 1. The maximum atomic E-state index is 14.3. The molecule has 2 N–H and O–H groups in total. The minimum Gasteiger partial charge on any atom is -0.444 e. The lowest BCUT2D eigenvalue weighted by atomic mass is 9.94. The van der Waals surface area contributed by atoms with Gasteiger partial charge in [-0.15, -0.1) is 6.42 Å². The van der Waals surface area contributed by atoms with E-state index in [2.05, 4.69) is 16.6 Å². The van der Waals surface area contributed by atoms with E-state index in [4.69, 9.17) is 11.2 Å². The molecule has 0 fully saturated rings. The molecule has 0 bridgehead atoms. The first-order valence-electron chi connectivity index (χ1n) is 13.7. The monoisotopic (exact) mass is 533 g/mol. The van der Waals surface area contributed by atoms with Gasteiger partial charge < -0.3 is 20.3 Å². The molecule has 3 amide bonds. The van der Waals surface area contributed by atoms with Gasteiger partial charge in [-0.2, -0.15) is 0 Å². The van der Waals surface area contributed by atoms with E-state index in [0.717, 1.165) is 12.0 Å². The molecule has 3 unspecified atom stereocenters. The second-order valence-corrected chi connectivity index (χ2v) is 10.7. The summed E-state index contributed by atoms with van der Waals surface area (Å²) in [5.41, 5.74) is 1.31. The van der Waals surface area contributed by atoms with Gasteiger partial charge >= 0.3 is 6.09 Å². The first-order valence-corrected chi connectivity index (χ1v) is 13.7. The van der Waals surface area contributed by atoms with Crippen LogP contribution in [0.2, 0.25) is 0 Å². The van der Waals surface area contributed by atoms with Crippen molar-refractivity contribution in [2.45, 2.75) is 85.0 Å². The second-order valence-electron chi connectivity index (χ2n) is 10.7. The number of benzene rings is 2. The van der Waals surface area contributed by atoms with Crippen LogP contribution in [0.5, 0.6) is 0 Å². The Balaban J connectivity index is 2.53.